The van der Waals surface area contributed by atoms with Crippen LogP contribution in [0.2, 0.25) is 0 Å². The van der Waals surface area contributed by atoms with E-state index < -0.39 is 11.2 Å². The number of nitrogens with zero attached hydrogens (tertiary/aromatic N) is 7. The van der Waals surface area contributed by atoms with Crippen LogP contribution in [0.3, 0.4) is 0 Å². The van der Waals surface area contributed by atoms with Crippen LogP contribution in [-0.4, -0.2) is 46.4 Å². The van der Waals surface area contributed by atoms with E-state index in [1.165, 1.54) is 9.36 Å². The molecule has 0 unspecified atom stereocenters. The third-order valence-electron chi connectivity index (χ3n) is 4.90. The van der Waals surface area contributed by atoms with Gasteiger partial charge in [-0.1, -0.05) is 25.5 Å². The van der Waals surface area contributed by atoms with Gasteiger partial charge in [-0.15, -0.1) is 10.2 Å². The van der Waals surface area contributed by atoms with Gasteiger partial charge in [0.2, 0.25) is 5.82 Å². The minimum atomic E-state index is -0.465. The number of benzene rings is 1. The summed E-state index contributed by atoms with van der Waals surface area (Å²) in [5, 5.41) is 12.6. The smallest absolute Gasteiger partial charge is 0.330 e. The van der Waals surface area contributed by atoms with Gasteiger partial charge in [0.05, 0.1) is 7.11 Å². The molecular weight excluding hydrogens is 388 g/mol. The Morgan fingerprint density at radius 1 is 1.23 bits per heavy atom. The number of unbranched alkanes of at least 4 members (excludes halogenated alkanes) is 1. The number of aromatic amines is 1. The molecule has 156 valence electrons. The maximum Gasteiger partial charge on any atom is 0.330 e. The number of aromatic nitrogens is 8. The lowest BCUT2D eigenvalue weighted by Gasteiger charge is -2.04. The fraction of sp³-hybridized carbons (Fsp3) is 0.368. The lowest BCUT2D eigenvalue weighted by molar-refractivity contribution is 0.415. The summed E-state index contributed by atoms with van der Waals surface area (Å²) in [6.45, 7) is 2.72. The number of H-pyrrole nitrogens is 1. The molecule has 0 saturated carbocycles. The lowest BCUT2D eigenvalue weighted by atomic mass is 10.2. The molecule has 0 bridgehead atoms. The van der Waals surface area contributed by atoms with Crippen LogP contribution in [0.15, 0.2) is 33.9 Å². The van der Waals surface area contributed by atoms with E-state index >= 15 is 0 Å². The summed E-state index contributed by atoms with van der Waals surface area (Å²) in [4.78, 5) is 33.0. The summed E-state index contributed by atoms with van der Waals surface area (Å²) in [6, 6.07) is 7.37. The molecule has 0 aliphatic heterocycles. The average Bonchev–Trinajstić information content (AvgIpc) is 3.33. The standard InChI is InChI=1S/C19H22N8O3/c1-4-5-9-26-17-15(18(28)21-19(26)29)25(2)14(20-17)11-27-23-16(22-24-27)12-7-6-8-13(10-12)30-3/h6-8,10H,4-5,9,11H2,1-3H3,(H,21,28,29). The van der Waals surface area contributed by atoms with E-state index in [-0.39, 0.29) is 6.54 Å². The fourth-order valence-corrected chi connectivity index (χ4v) is 3.27. The fourth-order valence-electron chi connectivity index (χ4n) is 3.27. The first-order valence-electron chi connectivity index (χ1n) is 9.62. The number of fused-ring (bicyclic) bond motifs is 1. The molecule has 0 amide bonds. The van der Waals surface area contributed by atoms with E-state index in [1.807, 2.05) is 31.2 Å². The molecule has 11 nitrogen and oxygen atoms in total. The predicted molar refractivity (Wildman–Crippen MR) is 109 cm³/mol. The summed E-state index contributed by atoms with van der Waals surface area (Å²) in [5.74, 6) is 1.69. The Balaban J connectivity index is 1.70. The molecule has 0 aliphatic carbocycles. The van der Waals surface area contributed by atoms with Crippen molar-refractivity contribution in [3.05, 3.63) is 50.9 Å². The second kappa shape index (κ2) is 7.93. The van der Waals surface area contributed by atoms with Crippen molar-refractivity contribution in [1.29, 1.82) is 0 Å². The van der Waals surface area contributed by atoms with E-state index in [2.05, 4.69) is 25.4 Å². The van der Waals surface area contributed by atoms with Crippen molar-refractivity contribution in [2.24, 2.45) is 7.05 Å². The van der Waals surface area contributed by atoms with Crippen molar-refractivity contribution in [2.75, 3.05) is 7.11 Å². The van der Waals surface area contributed by atoms with Crippen LogP contribution in [0.4, 0.5) is 0 Å². The number of hydrogen-bond donors (Lipinski definition) is 1. The number of hydrogen-bond acceptors (Lipinski definition) is 7. The molecule has 1 N–H and O–H groups in total. The minimum absolute atomic E-state index is 0.198. The Morgan fingerprint density at radius 3 is 2.83 bits per heavy atom. The number of methoxy groups -OCH3 is 1. The zero-order valence-corrected chi connectivity index (χ0v) is 17.0. The number of tetrazole rings is 1. The van der Waals surface area contributed by atoms with Crippen LogP contribution in [0.25, 0.3) is 22.6 Å². The van der Waals surface area contributed by atoms with E-state index in [4.69, 9.17) is 4.74 Å². The molecule has 1 aromatic carbocycles. The summed E-state index contributed by atoms with van der Waals surface area (Å²) < 4.78 is 8.39. The van der Waals surface area contributed by atoms with Crippen molar-refractivity contribution < 1.29 is 4.74 Å². The Labute approximate surface area is 170 Å². The van der Waals surface area contributed by atoms with Crippen LogP contribution in [0, 0.1) is 0 Å². The Morgan fingerprint density at radius 2 is 2.07 bits per heavy atom. The topological polar surface area (TPSA) is 126 Å². The third kappa shape index (κ3) is 3.49. The largest absolute Gasteiger partial charge is 0.497 e. The van der Waals surface area contributed by atoms with Gasteiger partial charge in [-0.2, -0.15) is 4.80 Å². The van der Waals surface area contributed by atoms with Gasteiger partial charge < -0.3 is 9.30 Å². The normalized spacial score (nSPS) is 11.3. The van der Waals surface area contributed by atoms with E-state index in [1.54, 1.807) is 18.7 Å². The van der Waals surface area contributed by atoms with Gasteiger partial charge in [-0.05, 0) is 23.8 Å². The van der Waals surface area contributed by atoms with Crippen molar-refractivity contribution >= 4 is 11.2 Å². The van der Waals surface area contributed by atoms with Gasteiger partial charge in [0.25, 0.3) is 5.56 Å². The van der Waals surface area contributed by atoms with Crippen LogP contribution in [0.5, 0.6) is 5.75 Å². The first-order valence-corrected chi connectivity index (χ1v) is 9.62. The van der Waals surface area contributed by atoms with Crippen LogP contribution in [0.1, 0.15) is 25.6 Å². The molecule has 4 rings (SSSR count). The van der Waals surface area contributed by atoms with Gasteiger partial charge in [0.1, 0.15) is 18.1 Å². The summed E-state index contributed by atoms with van der Waals surface area (Å²) >= 11 is 0. The quantitative estimate of drug-likeness (QED) is 0.480. The van der Waals surface area contributed by atoms with E-state index in [9.17, 15) is 9.59 Å². The summed E-state index contributed by atoms with van der Waals surface area (Å²) in [7, 11) is 3.32. The number of imidazole rings is 1. The summed E-state index contributed by atoms with van der Waals surface area (Å²) in [5.41, 5.74) is 0.560. The number of rotatable bonds is 7. The highest BCUT2D eigenvalue weighted by Crippen LogP contribution is 2.20. The van der Waals surface area contributed by atoms with Crippen molar-refractivity contribution in [1.82, 2.24) is 39.3 Å². The molecule has 0 atom stereocenters. The molecule has 3 aromatic heterocycles. The zero-order chi connectivity index (χ0) is 21.3. The molecule has 4 aromatic rings. The van der Waals surface area contributed by atoms with E-state index in [0.717, 1.165) is 18.4 Å². The molecular formula is C19H22N8O3. The third-order valence-corrected chi connectivity index (χ3v) is 4.90. The molecule has 0 aliphatic rings. The van der Waals surface area contributed by atoms with Gasteiger partial charge in [-0.25, -0.2) is 9.78 Å². The zero-order valence-electron chi connectivity index (χ0n) is 17.0. The van der Waals surface area contributed by atoms with Gasteiger partial charge in [0, 0.05) is 19.2 Å². The SMILES string of the molecule is CCCCn1c(=O)[nH]c(=O)c2c1nc(Cn1nnc(-c3cccc(OC)c3)n1)n2C. The monoisotopic (exact) mass is 410 g/mol. The van der Waals surface area contributed by atoms with Gasteiger partial charge >= 0.3 is 5.69 Å². The van der Waals surface area contributed by atoms with Crippen LogP contribution >= 0.6 is 0 Å². The van der Waals surface area contributed by atoms with Crippen molar-refractivity contribution in [2.45, 2.75) is 32.9 Å². The highest BCUT2D eigenvalue weighted by Gasteiger charge is 2.17. The highest BCUT2D eigenvalue weighted by molar-refractivity contribution is 5.70. The second-order valence-corrected chi connectivity index (χ2v) is 6.90. The minimum Gasteiger partial charge on any atom is -0.497 e. The van der Waals surface area contributed by atoms with Crippen molar-refractivity contribution in [3.8, 4) is 17.1 Å². The number of nitrogens with one attached hydrogen (secondary N) is 1. The molecule has 30 heavy (non-hydrogen) atoms. The first kappa shape index (κ1) is 19.6. The summed E-state index contributed by atoms with van der Waals surface area (Å²) in [6.07, 6.45) is 1.73. The van der Waals surface area contributed by atoms with E-state index in [0.29, 0.717) is 35.1 Å². The van der Waals surface area contributed by atoms with Gasteiger partial charge in [-0.3, -0.25) is 14.3 Å². The van der Waals surface area contributed by atoms with Crippen LogP contribution < -0.4 is 16.0 Å². The molecule has 0 fully saturated rings. The van der Waals surface area contributed by atoms with Crippen LogP contribution in [-0.2, 0) is 20.1 Å². The lowest BCUT2D eigenvalue weighted by Crippen LogP contribution is -2.31. The molecule has 0 saturated heterocycles. The number of ether oxygens (including phenoxy) is 1. The van der Waals surface area contributed by atoms with Crippen molar-refractivity contribution in [3.63, 3.8) is 0 Å². The first-order chi connectivity index (χ1) is 14.5. The highest BCUT2D eigenvalue weighted by atomic mass is 16.5. The average molecular weight is 410 g/mol. The molecule has 3 heterocycles. The molecule has 0 radical (unpaired) electrons. The Kier molecular flexibility index (Phi) is 5.17. The predicted octanol–water partition coefficient (Wildman–Crippen LogP) is 0.934. The van der Waals surface area contributed by atoms with Gasteiger partial charge in [0.15, 0.2) is 11.2 Å². The maximum absolute atomic E-state index is 12.4. The second-order valence-electron chi connectivity index (χ2n) is 6.90. The maximum atomic E-state index is 12.4. The molecule has 0 spiro atoms. The number of aryl methyl sites for hydroxylation is 2. The Bertz CT molecular complexity index is 1310. The molecule has 11 heteroatoms. The Hall–Kier alpha value is -3.76.